The number of fused-ring (bicyclic) bond motifs is 1. The van der Waals surface area contributed by atoms with Crippen LogP contribution in [0.4, 0.5) is 5.69 Å². The minimum Gasteiger partial charge on any atom is -0.325 e. The molecule has 0 radical (unpaired) electrons. The molecule has 6 nitrogen and oxygen atoms in total. The molecule has 2 heterocycles. The average molecular weight is 368 g/mol. The van der Waals surface area contributed by atoms with Gasteiger partial charge in [0, 0.05) is 11.4 Å². The standard InChI is InChI=1S/C19H20N4O2S/c1-10-6-5-7-11(2)16(10)21-14(24)9-26-19-22-17-15(18(25)23-19)12(3)8-13(4)20-17/h5-8H,9H2,1-4H3,(H,21,24)(H,20,22,23,25). The van der Waals surface area contributed by atoms with Gasteiger partial charge in [-0.05, 0) is 50.5 Å². The van der Waals surface area contributed by atoms with Gasteiger partial charge in [-0.15, -0.1) is 0 Å². The number of para-hydroxylation sites is 1. The molecule has 134 valence electrons. The summed E-state index contributed by atoms with van der Waals surface area (Å²) in [5, 5.41) is 3.80. The molecule has 3 aromatic rings. The second kappa shape index (κ2) is 7.29. The Kier molecular flexibility index (Phi) is 5.08. The third-order valence-electron chi connectivity index (χ3n) is 4.07. The summed E-state index contributed by atoms with van der Waals surface area (Å²) in [5.74, 6) is -0.00366. The number of H-pyrrole nitrogens is 1. The minimum atomic E-state index is -0.238. The van der Waals surface area contributed by atoms with E-state index >= 15 is 0 Å². The molecule has 2 aromatic heterocycles. The van der Waals surface area contributed by atoms with Crippen molar-refractivity contribution in [2.24, 2.45) is 0 Å². The van der Waals surface area contributed by atoms with E-state index in [9.17, 15) is 9.59 Å². The predicted molar refractivity (Wildman–Crippen MR) is 105 cm³/mol. The number of aromatic amines is 1. The van der Waals surface area contributed by atoms with Gasteiger partial charge in [-0.3, -0.25) is 9.59 Å². The monoisotopic (exact) mass is 368 g/mol. The fraction of sp³-hybridized carbons (Fsp3) is 0.263. The first-order valence-corrected chi connectivity index (χ1v) is 9.21. The van der Waals surface area contributed by atoms with Crippen molar-refractivity contribution >= 4 is 34.4 Å². The first-order valence-electron chi connectivity index (χ1n) is 8.22. The highest BCUT2D eigenvalue weighted by Crippen LogP contribution is 2.21. The Morgan fingerprint density at radius 1 is 1.12 bits per heavy atom. The Balaban J connectivity index is 1.77. The molecule has 7 heteroatoms. The van der Waals surface area contributed by atoms with Crippen LogP contribution in [-0.4, -0.2) is 26.6 Å². The summed E-state index contributed by atoms with van der Waals surface area (Å²) in [7, 11) is 0. The maximum absolute atomic E-state index is 12.3. The van der Waals surface area contributed by atoms with Crippen molar-refractivity contribution in [1.82, 2.24) is 15.0 Å². The van der Waals surface area contributed by atoms with Crippen LogP contribution in [0.25, 0.3) is 11.0 Å². The summed E-state index contributed by atoms with van der Waals surface area (Å²) in [4.78, 5) is 36.0. The number of carbonyl (C=O) groups is 1. The highest BCUT2D eigenvalue weighted by molar-refractivity contribution is 7.99. The summed E-state index contributed by atoms with van der Waals surface area (Å²) >= 11 is 1.18. The van der Waals surface area contributed by atoms with E-state index in [1.54, 1.807) is 0 Å². The summed E-state index contributed by atoms with van der Waals surface area (Å²) < 4.78 is 0. The number of benzene rings is 1. The summed E-state index contributed by atoms with van der Waals surface area (Å²) in [6, 6.07) is 7.71. The Labute approximate surface area is 155 Å². The maximum atomic E-state index is 12.3. The van der Waals surface area contributed by atoms with Crippen LogP contribution in [0.5, 0.6) is 0 Å². The van der Waals surface area contributed by atoms with Crippen LogP contribution >= 0.6 is 11.8 Å². The van der Waals surface area contributed by atoms with Crippen molar-refractivity contribution in [3.8, 4) is 0 Å². The Morgan fingerprint density at radius 2 is 1.81 bits per heavy atom. The van der Waals surface area contributed by atoms with Gasteiger partial charge in [-0.2, -0.15) is 0 Å². The Morgan fingerprint density at radius 3 is 2.50 bits per heavy atom. The topological polar surface area (TPSA) is 87.7 Å². The van der Waals surface area contributed by atoms with E-state index in [0.29, 0.717) is 16.2 Å². The molecule has 0 saturated heterocycles. The van der Waals surface area contributed by atoms with Crippen molar-refractivity contribution in [2.45, 2.75) is 32.9 Å². The van der Waals surface area contributed by atoms with Crippen molar-refractivity contribution in [3.05, 3.63) is 57.0 Å². The number of thioether (sulfide) groups is 1. The minimum absolute atomic E-state index is 0.146. The zero-order chi connectivity index (χ0) is 18.8. The van der Waals surface area contributed by atoms with Crippen LogP contribution in [0.1, 0.15) is 22.4 Å². The van der Waals surface area contributed by atoms with E-state index in [1.165, 1.54) is 11.8 Å². The summed E-state index contributed by atoms with van der Waals surface area (Å²) in [6.45, 7) is 7.63. The molecule has 0 spiro atoms. The first-order chi connectivity index (χ1) is 12.3. The fourth-order valence-electron chi connectivity index (χ4n) is 2.85. The molecule has 3 rings (SSSR count). The molecule has 0 atom stereocenters. The molecular weight excluding hydrogens is 348 g/mol. The third-order valence-corrected chi connectivity index (χ3v) is 4.94. The van der Waals surface area contributed by atoms with E-state index in [2.05, 4.69) is 20.3 Å². The quantitative estimate of drug-likeness (QED) is 0.545. The fourth-order valence-corrected chi connectivity index (χ4v) is 3.51. The van der Waals surface area contributed by atoms with Gasteiger partial charge >= 0.3 is 0 Å². The van der Waals surface area contributed by atoms with E-state index in [4.69, 9.17) is 0 Å². The van der Waals surface area contributed by atoms with Gasteiger partial charge in [0.1, 0.15) is 0 Å². The second-order valence-corrected chi connectivity index (χ2v) is 7.22. The van der Waals surface area contributed by atoms with Crippen LogP contribution in [0, 0.1) is 27.7 Å². The van der Waals surface area contributed by atoms with Crippen LogP contribution in [0.2, 0.25) is 0 Å². The van der Waals surface area contributed by atoms with Crippen LogP contribution in [-0.2, 0) is 4.79 Å². The number of nitrogens with one attached hydrogen (secondary N) is 2. The molecule has 0 aliphatic rings. The third kappa shape index (κ3) is 3.77. The number of hydrogen-bond donors (Lipinski definition) is 2. The lowest BCUT2D eigenvalue weighted by Gasteiger charge is -2.11. The lowest BCUT2D eigenvalue weighted by atomic mass is 10.1. The van der Waals surface area contributed by atoms with Gasteiger partial charge < -0.3 is 10.3 Å². The Bertz CT molecular complexity index is 1040. The smallest absolute Gasteiger partial charge is 0.261 e. The lowest BCUT2D eigenvalue weighted by molar-refractivity contribution is -0.113. The van der Waals surface area contributed by atoms with Crippen molar-refractivity contribution in [3.63, 3.8) is 0 Å². The van der Waals surface area contributed by atoms with Gasteiger partial charge in [-0.25, -0.2) is 9.97 Å². The molecular formula is C19H20N4O2S. The maximum Gasteiger partial charge on any atom is 0.261 e. The largest absolute Gasteiger partial charge is 0.325 e. The van der Waals surface area contributed by atoms with E-state index < -0.39 is 0 Å². The SMILES string of the molecule is Cc1cc(C)c2c(=O)[nH]c(SCC(=O)Nc3c(C)cccc3C)nc2n1. The number of nitrogens with zero attached hydrogens (tertiary/aromatic N) is 2. The Hall–Kier alpha value is -2.67. The predicted octanol–water partition coefficient (Wildman–Crippen LogP) is 3.28. The molecule has 0 fully saturated rings. The molecule has 0 saturated carbocycles. The van der Waals surface area contributed by atoms with Gasteiger partial charge in [-0.1, -0.05) is 30.0 Å². The van der Waals surface area contributed by atoms with E-state index in [1.807, 2.05) is 52.0 Å². The average Bonchev–Trinajstić information content (AvgIpc) is 2.55. The number of anilines is 1. The number of rotatable bonds is 4. The highest BCUT2D eigenvalue weighted by atomic mass is 32.2. The van der Waals surface area contributed by atoms with Gasteiger partial charge in [0.25, 0.3) is 5.56 Å². The molecule has 0 aliphatic heterocycles. The number of amides is 1. The number of aryl methyl sites for hydroxylation is 4. The highest BCUT2D eigenvalue weighted by Gasteiger charge is 2.12. The molecule has 2 N–H and O–H groups in total. The normalized spacial score (nSPS) is 10.9. The first kappa shape index (κ1) is 18.1. The second-order valence-electron chi connectivity index (χ2n) is 6.25. The molecule has 0 bridgehead atoms. The summed E-state index contributed by atoms with van der Waals surface area (Å²) in [5.41, 5.74) is 4.65. The van der Waals surface area contributed by atoms with Gasteiger partial charge in [0.05, 0.1) is 11.1 Å². The van der Waals surface area contributed by atoms with Crippen molar-refractivity contribution in [1.29, 1.82) is 0 Å². The van der Waals surface area contributed by atoms with Crippen LogP contribution < -0.4 is 10.9 Å². The zero-order valence-electron chi connectivity index (χ0n) is 15.1. The number of aromatic nitrogens is 3. The zero-order valence-corrected chi connectivity index (χ0v) is 16.0. The van der Waals surface area contributed by atoms with Gasteiger partial charge in [0.2, 0.25) is 5.91 Å². The van der Waals surface area contributed by atoms with Crippen LogP contribution in [0.15, 0.2) is 34.2 Å². The van der Waals surface area contributed by atoms with Gasteiger partial charge in [0.15, 0.2) is 10.8 Å². The molecule has 1 amide bonds. The van der Waals surface area contributed by atoms with Crippen molar-refractivity contribution < 1.29 is 4.79 Å². The van der Waals surface area contributed by atoms with Crippen molar-refractivity contribution in [2.75, 3.05) is 11.1 Å². The number of hydrogen-bond acceptors (Lipinski definition) is 5. The lowest BCUT2D eigenvalue weighted by Crippen LogP contribution is -2.17. The number of pyridine rings is 1. The summed E-state index contributed by atoms with van der Waals surface area (Å²) in [6.07, 6.45) is 0. The number of carbonyl (C=O) groups excluding carboxylic acids is 1. The molecule has 1 aromatic carbocycles. The van der Waals surface area contributed by atoms with Crippen LogP contribution in [0.3, 0.4) is 0 Å². The molecule has 0 aliphatic carbocycles. The molecule has 26 heavy (non-hydrogen) atoms. The van der Waals surface area contributed by atoms with E-state index in [-0.39, 0.29) is 17.2 Å². The molecule has 0 unspecified atom stereocenters. The van der Waals surface area contributed by atoms with E-state index in [0.717, 1.165) is 28.1 Å².